The zero-order valence-electron chi connectivity index (χ0n) is 4.62. The zero-order valence-corrected chi connectivity index (χ0v) is 9.06. The third kappa shape index (κ3) is 5.53. The van der Waals surface area contributed by atoms with E-state index in [9.17, 15) is 0 Å². The molecule has 1 nitrogen and oxygen atoms in total. The molecule has 2 heteroatoms. The molecule has 0 aliphatic carbocycles. The van der Waals surface area contributed by atoms with Crippen LogP contribution < -0.4 is 0 Å². The quantitative estimate of drug-likeness (QED) is 0.540. The van der Waals surface area contributed by atoms with Crippen LogP contribution in [-0.2, 0) is 0.0568 Å². The predicted octanol–water partition coefficient (Wildman–Crippen LogP) is 0.885. The molecule has 0 N–H and O–H groups in total. The Hall–Kier alpha value is 1.53. The summed E-state index contributed by atoms with van der Waals surface area (Å²) in [7, 11) is 0. The van der Waals surface area contributed by atoms with Crippen LogP contribution in [0.4, 0.5) is 0 Å². The summed E-state index contributed by atoms with van der Waals surface area (Å²) in [6.45, 7) is 6.21. The Morgan fingerprint density at radius 2 is 1.50 bits per heavy atom. The predicted molar refractivity (Wildman–Crippen MR) is 26.6 cm³/mol. The van der Waals surface area contributed by atoms with E-state index in [2.05, 4.69) is 20.8 Å². The Kier molecular flexibility index (Phi) is 3.45. The summed E-state index contributed by atoms with van der Waals surface area (Å²) in [5, 5.41) is 0. The second-order valence-electron chi connectivity index (χ2n) is 2.26. The minimum absolute atomic E-state index is 0.128. The van der Waals surface area contributed by atoms with Crippen molar-refractivity contribution in [1.82, 2.24) is 0 Å². The first kappa shape index (κ1) is 7.53. The first-order valence-corrected chi connectivity index (χ1v) is 3.81. The number of hydrogen-bond acceptors (Lipinski definition) is 1. The molecule has 0 bridgehead atoms. The van der Waals surface area contributed by atoms with Gasteiger partial charge in [0.05, 0.1) is 0 Å². The fraction of sp³-hybridized carbons (Fsp3) is 1.00. The number of hydrogen-bond donors (Lipinski definition) is 0. The van der Waals surface area contributed by atoms with Gasteiger partial charge in [-0.15, -0.1) is 0 Å². The van der Waals surface area contributed by atoms with Gasteiger partial charge in [0.25, 0.3) is 0 Å². The van der Waals surface area contributed by atoms with Crippen LogP contribution in [0.15, 0.2) is 0 Å². The van der Waals surface area contributed by atoms with E-state index in [-0.39, 0.29) is 5.60 Å². The Morgan fingerprint density at radius 1 is 1.33 bits per heavy atom. The van der Waals surface area contributed by atoms with Crippen molar-refractivity contribution >= 4 is 47.2 Å². The summed E-state index contributed by atoms with van der Waals surface area (Å²) in [5.74, 6) is 0. The molecular weight excluding hydrogens is 201 g/mol. The topological polar surface area (TPSA) is 9.23 Å². The van der Waals surface area contributed by atoms with Crippen molar-refractivity contribution < 1.29 is 0.0568 Å². The summed E-state index contributed by atoms with van der Waals surface area (Å²) < 4.78 is 5.13. The van der Waals surface area contributed by atoms with E-state index in [1.165, 1.54) is 0 Å². The molecule has 0 spiro atoms. The Balaban J connectivity index is 3.17. The Morgan fingerprint density at radius 3 is 1.50 bits per heavy atom. The van der Waals surface area contributed by atoms with Gasteiger partial charge in [-0.2, -0.15) is 0 Å². The molecule has 0 saturated heterocycles. The second kappa shape index (κ2) is 2.75. The molecule has 0 aliphatic heterocycles. The first-order valence-electron chi connectivity index (χ1n) is 1.99. The molecule has 0 aromatic rings. The van der Waals surface area contributed by atoms with Crippen LogP contribution in [0, 0.1) is 0 Å². The third-order valence-corrected chi connectivity index (χ3v) is 3.15. The zero-order chi connectivity index (χ0) is 5.21. The van der Waals surface area contributed by atoms with Crippen LogP contribution >= 0.6 is 0 Å². The maximum absolute atomic E-state index is 5.13. The Bertz CT molecular complexity index is 37.3. The molecule has 0 aromatic carbocycles. The van der Waals surface area contributed by atoms with Crippen molar-refractivity contribution in [3.63, 3.8) is 0 Å². The molecule has 0 saturated carbocycles. The van der Waals surface area contributed by atoms with Crippen LogP contribution in [0.1, 0.15) is 20.8 Å². The van der Waals surface area contributed by atoms with E-state index in [0.29, 0.717) is 47.2 Å². The average molecular weight is 210 g/mol. The fourth-order valence-corrected chi connectivity index (χ4v) is 0. The SMILES string of the molecule is CC(C)(C)[O][Ba]. The van der Waals surface area contributed by atoms with Gasteiger partial charge in [-0.05, 0) is 0 Å². The maximum atomic E-state index is 5.13. The molecule has 33 valence electrons. The van der Waals surface area contributed by atoms with Crippen LogP contribution in [0.2, 0.25) is 0 Å². The van der Waals surface area contributed by atoms with E-state index >= 15 is 0 Å². The van der Waals surface area contributed by atoms with Gasteiger partial charge in [0.2, 0.25) is 0 Å². The second-order valence-corrected chi connectivity index (χ2v) is 3.16. The van der Waals surface area contributed by atoms with E-state index in [1.807, 2.05) is 0 Å². The molecule has 1 radical (unpaired) electrons. The molecule has 0 unspecified atom stereocenters. The van der Waals surface area contributed by atoms with E-state index < -0.39 is 0 Å². The van der Waals surface area contributed by atoms with Crippen LogP contribution in [-0.4, -0.2) is 52.8 Å². The Labute approximate surface area is 72.5 Å². The minimum atomic E-state index is 0.128. The molecule has 0 aromatic heterocycles. The van der Waals surface area contributed by atoms with Gasteiger partial charge < -0.3 is 0 Å². The first-order chi connectivity index (χ1) is 2.56. The van der Waals surface area contributed by atoms with Crippen molar-refractivity contribution in [1.29, 1.82) is 0 Å². The van der Waals surface area contributed by atoms with Crippen LogP contribution in [0.5, 0.6) is 0 Å². The summed E-state index contributed by atoms with van der Waals surface area (Å²) in [4.78, 5) is 0. The molecule has 0 heterocycles. The molecule has 0 fully saturated rings. The van der Waals surface area contributed by atoms with Gasteiger partial charge in [0.15, 0.2) is 0 Å². The average Bonchev–Trinajstić information content (AvgIpc) is 1.35. The van der Waals surface area contributed by atoms with Crippen molar-refractivity contribution in [2.75, 3.05) is 0 Å². The monoisotopic (exact) mass is 211 g/mol. The van der Waals surface area contributed by atoms with Gasteiger partial charge in [0.1, 0.15) is 0 Å². The van der Waals surface area contributed by atoms with Crippen molar-refractivity contribution in [3.8, 4) is 0 Å². The van der Waals surface area contributed by atoms with Gasteiger partial charge >= 0.3 is 73.6 Å². The number of rotatable bonds is 0. The normalized spacial score (nSPS) is 11.7. The van der Waals surface area contributed by atoms with Crippen LogP contribution in [0.25, 0.3) is 0 Å². The molecular formula is C4H9BaO. The summed E-state index contributed by atoms with van der Waals surface area (Å²) in [6.07, 6.45) is 0. The van der Waals surface area contributed by atoms with Crippen LogP contribution in [0.3, 0.4) is 0 Å². The summed E-state index contributed by atoms with van der Waals surface area (Å²) in [5.41, 5.74) is 0.128. The van der Waals surface area contributed by atoms with Gasteiger partial charge in [-0.1, -0.05) is 0 Å². The van der Waals surface area contributed by atoms with Gasteiger partial charge in [-0.3, -0.25) is 0 Å². The third-order valence-electron chi connectivity index (χ3n) is 0.433. The fourth-order valence-electron chi connectivity index (χ4n) is 0. The van der Waals surface area contributed by atoms with Gasteiger partial charge in [-0.25, -0.2) is 0 Å². The summed E-state index contributed by atoms with van der Waals surface area (Å²) >= 11 is 0.504. The molecule has 0 rings (SSSR count). The summed E-state index contributed by atoms with van der Waals surface area (Å²) in [6, 6.07) is 0. The standard InChI is InChI=1S/C4H9O.Ba/c1-4(2,3)5;/h1-3H3;/q-1;+1. The molecule has 0 aliphatic rings. The molecule has 0 atom stereocenters. The van der Waals surface area contributed by atoms with E-state index in [4.69, 9.17) is 0.0568 Å². The van der Waals surface area contributed by atoms with Crippen molar-refractivity contribution in [3.05, 3.63) is 0 Å². The van der Waals surface area contributed by atoms with E-state index in [0.717, 1.165) is 0 Å². The molecule has 0 amide bonds. The van der Waals surface area contributed by atoms with Gasteiger partial charge in [0, 0.05) is 0 Å². The van der Waals surface area contributed by atoms with E-state index in [1.54, 1.807) is 0 Å². The van der Waals surface area contributed by atoms with Crippen molar-refractivity contribution in [2.24, 2.45) is 0 Å². The van der Waals surface area contributed by atoms with Crippen molar-refractivity contribution in [2.45, 2.75) is 26.4 Å². The molecule has 6 heavy (non-hydrogen) atoms.